The van der Waals surface area contributed by atoms with Crippen LogP contribution < -0.4 is 4.90 Å². The van der Waals surface area contributed by atoms with E-state index in [2.05, 4.69) is 15.9 Å². The molecule has 1 saturated heterocycles. The minimum absolute atomic E-state index is 0.0614. The number of amides is 1. The van der Waals surface area contributed by atoms with Gasteiger partial charge in [-0.1, -0.05) is 64.2 Å². The van der Waals surface area contributed by atoms with Crippen molar-refractivity contribution in [2.45, 2.75) is 13.8 Å². The summed E-state index contributed by atoms with van der Waals surface area (Å²) in [6.45, 7) is 4.00. The van der Waals surface area contributed by atoms with E-state index in [0.29, 0.717) is 9.23 Å². The molecule has 0 aliphatic carbocycles. The minimum Gasteiger partial charge on any atom is -0.268 e. The molecule has 3 rings (SSSR count). The summed E-state index contributed by atoms with van der Waals surface area (Å²) < 4.78 is 1.56. The molecule has 2 nitrogen and oxygen atoms in total. The van der Waals surface area contributed by atoms with Crippen molar-refractivity contribution in [1.29, 1.82) is 0 Å². The molecule has 0 atom stereocenters. The van der Waals surface area contributed by atoms with Crippen LogP contribution in [0.3, 0.4) is 0 Å². The number of aryl methyl sites for hydroxylation is 2. The molecule has 0 aromatic heterocycles. The molecule has 1 amide bonds. The molecule has 1 heterocycles. The first-order chi connectivity index (χ1) is 11.0. The molecule has 2 aromatic carbocycles. The van der Waals surface area contributed by atoms with Crippen LogP contribution in [0.5, 0.6) is 0 Å². The highest BCUT2D eigenvalue weighted by Gasteiger charge is 2.34. The van der Waals surface area contributed by atoms with Crippen molar-refractivity contribution in [2.24, 2.45) is 0 Å². The molecule has 1 aliphatic rings. The number of thiocarbonyl (C=S) groups is 1. The summed E-state index contributed by atoms with van der Waals surface area (Å²) in [5.41, 5.74) is 3.98. The predicted molar refractivity (Wildman–Crippen MR) is 106 cm³/mol. The molecule has 0 bridgehead atoms. The highest BCUT2D eigenvalue weighted by molar-refractivity contribution is 9.10. The molecule has 1 fully saturated rings. The van der Waals surface area contributed by atoms with Crippen LogP contribution in [-0.2, 0) is 4.79 Å². The zero-order chi connectivity index (χ0) is 16.6. The molecular formula is C18H14BrNOS2. The third-order valence-electron chi connectivity index (χ3n) is 3.55. The fourth-order valence-electron chi connectivity index (χ4n) is 2.38. The van der Waals surface area contributed by atoms with Crippen LogP contribution in [0.4, 0.5) is 5.69 Å². The Morgan fingerprint density at radius 1 is 1.17 bits per heavy atom. The maximum Gasteiger partial charge on any atom is 0.270 e. The summed E-state index contributed by atoms with van der Waals surface area (Å²) >= 11 is 10.2. The molecule has 0 radical (unpaired) electrons. The number of nitrogens with zero attached hydrogens (tertiary/aromatic N) is 1. The molecule has 0 spiro atoms. The number of rotatable bonds is 2. The van der Waals surface area contributed by atoms with E-state index in [1.54, 1.807) is 4.90 Å². The van der Waals surface area contributed by atoms with E-state index in [9.17, 15) is 4.79 Å². The van der Waals surface area contributed by atoms with E-state index in [1.165, 1.54) is 11.8 Å². The topological polar surface area (TPSA) is 20.3 Å². The first kappa shape index (κ1) is 16.4. The van der Waals surface area contributed by atoms with Crippen molar-refractivity contribution in [1.82, 2.24) is 0 Å². The Morgan fingerprint density at radius 3 is 2.70 bits per heavy atom. The third kappa shape index (κ3) is 3.42. The van der Waals surface area contributed by atoms with E-state index in [1.807, 2.05) is 62.4 Å². The van der Waals surface area contributed by atoms with Gasteiger partial charge < -0.3 is 0 Å². The van der Waals surface area contributed by atoms with Crippen molar-refractivity contribution in [3.8, 4) is 0 Å². The van der Waals surface area contributed by atoms with E-state index >= 15 is 0 Å². The maximum atomic E-state index is 12.8. The van der Waals surface area contributed by atoms with Gasteiger partial charge in [0.2, 0.25) is 0 Å². The molecule has 116 valence electrons. The Morgan fingerprint density at radius 2 is 1.96 bits per heavy atom. The van der Waals surface area contributed by atoms with Crippen molar-refractivity contribution < 1.29 is 4.79 Å². The molecule has 23 heavy (non-hydrogen) atoms. The predicted octanol–water partition coefficient (Wildman–Crippen LogP) is 5.47. The van der Waals surface area contributed by atoms with E-state index in [4.69, 9.17) is 12.2 Å². The number of anilines is 1. The number of carbonyl (C=O) groups is 1. The van der Waals surface area contributed by atoms with Crippen LogP contribution in [0.1, 0.15) is 16.7 Å². The number of hydrogen-bond acceptors (Lipinski definition) is 3. The zero-order valence-electron chi connectivity index (χ0n) is 12.7. The molecule has 1 aliphatic heterocycles. The van der Waals surface area contributed by atoms with Gasteiger partial charge in [0.05, 0.1) is 10.6 Å². The van der Waals surface area contributed by atoms with Crippen molar-refractivity contribution in [3.05, 3.63) is 68.5 Å². The second kappa shape index (κ2) is 6.59. The summed E-state index contributed by atoms with van der Waals surface area (Å²) in [5.74, 6) is -0.0614. The highest BCUT2D eigenvalue weighted by atomic mass is 79.9. The Labute approximate surface area is 153 Å². The van der Waals surface area contributed by atoms with Crippen molar-refractivity contribution >= 4 is 61.9 Å². The van der Waals surface area contributed by atoms with Gasteiger partial charge in [0.25, 0.3) is 5.91 Å². The molecule has 0 unspecified atom stereocenters. The van der Waals surface area contributed by atoms with Gasteiger partial charge in [-0.15, -0.1) is 0 Å². The fraction of sp³-hybridized carbons (Fsp3) is 0.111. The highest BCUT2D eigenvalue weighted by Crippen LogP contribution is 2.37. The fourth-order valence-corrected chi connectivity index (χ4v) is 4.09. The number of thioether (sulfide) groups is 1. The average molecular weight is 404 g/mol. The van der Waals surface area contributed by atoms with Gasteiger partial charge in [0.15, 0.2) is 4.32 Å². The Kier molecular flexibility index (Phi) is 4.71. The Balaban J connectivity index is 1.99. The summed E-state index contributed by atoms with van der Waals surface area (Å²) in [4.78, 5) is 15.1. The second-order valence-electron chi connectivity index (χ2n) is 5.36. The summed E-state index contributed by atoms with van der Waals surface area (Å²) in [5, 5.41) is 0. The lowest BCUT2D eigenvalue weighted by molar-refractivity contribution is -0.113. The van der Waals surface area contributed by atoms with Gasteiger partial charge in [-0.05, 0) is 54.8 Å². The lowest BCUT2D eigenvalue weighted by atomic mass is 10.1. The standard InChI is InChI=1S/C18H14BrNOS2/c1-11-6-7-12(2)15(8-11)20-17(21)16(23-18(20)22)10-13-4-3-5-14(19)9-13/h3-10H,1-2H3/b16-10-. The van der Waals surface area contributed by atoms with Crippen molar-refractivity contribution in [2.75, 3.05) is 4.90 Å². The molecular weight excluding hydrogens is 390 g/mol. The molecule has 5 heteroatoms. The van der Waals surface area contributed by atoms with Crippen molar-refractivity contribution in [3.63, 3.8) is 0 Å². The number of halogens is 1. The summed E-state index contributed by atoms with van der Waals surface area (Å²) in [6.07, 6.45) is 1.88. The van der Waals surface area contributed by atoms with Gasteiger partial charge in [0.1, 0.15) is 0 Å². The average Bonchev–Trinajstić information content (AvgIpc) is 2.76. The second-order valence-corrected chi connectivity index (χ2v) is 7.95. The third-order valence-corrected chi connectivity index (χ3v) is 5.34. The van der Waals surface area contributed by atoms with Gasteiger partial charge in [0, 0.05) is 4.47 Å². The quantitative estimate of drug-likeness (QED) is 0.489. The van der Waals surface area contributed by atoms with Gasteiger partial charge >= 0.3 is 0 Å². The zero-order valence-corrected chi connectivity index (χ0v) is 15.9. The van der Waals surface area contributed by atoms with E-state index in [0.717, 1.165) is 26.9 Å². The smallest absolute Gasteiger partial charge is 0.268 e. The lowest BCUT2D eigenvalue weighted by Gasteiger charge is -2.17. The number of hydrogen-bond donors (Lipinski definition) is 0. The number of benzene rings is 2. The van der Waals surface area contributed by atoms with E-state index in [-0.39, 0.29) is 5.91 Å². The van der Waals surface area contributed by atoms with Crippen LogP contribution in [0.25, 0.3) is 6.08 Å². The van der Waals surface area contributed by atoms with Gasteiger partial charge in [-0.2, -0.15) is 0 Å². The first-order valence-corrected chi connectivity index (χ1v) is 9.08. The molecule has 0 saturated carbocycles. The van der Waals surface area contributed by atoms with Gasteiger partial charge in [-0.3, -0.25) is 9.69 Å². The SMILES string of the molecule is Cc1ccc(C)c(N2C(=O)/C(=C/c3cccc(Br)c3)SC2=S)c1. The monoisotopic (exact) mass is 403 g/mol. The van der Waals surface area contributed by atoms with E-state index < -0.39 is 0 Å². The summed E-state index contributed by atoms with van der Waals surface area (Å²) in [7, 11) is 0. The van der Waals surface area contributed by atoms with Crippen LogP contribution in [0.2, 0.25) is 0 Å². The Hall–Kier alpha value is -1.43. The van der Waals surface area contributed by atoms with Crippen LogP contribution in [0, 0.1) is 13.8 Å². The minimum atomic E-state index is -0.0614. The van der Waals surface area contributed by atoms with Crippen LogP contribution in [-0.4, -0.2) is 10.2 Å². The van der Waals surface area contributed by atoms with Gasteiger partial charge in [-0.25, -0.2) is 0 Å². The van der Waals surface area contributed by atoms with Crippen LogP contribution >= 0.6 is 39.9 Å². The molecule has 2 aromatic rings. The summed E-state index contributed by atoms with van der Waals surface area (Å²) in [6, 6.07) is 13.9. The first-order valence-electron chi connectivity index (χ1n) is 7.06. The number of carbonyl (C=O) groups excluding carboxylic acids is 1. The van der Waals surface area contributed by atoms with Crippen LogP contribution in [0.15, 0.2) is 51.8 Å². The lowest BCUT2D eigenvalue weighted by Crippen LogP contribution is -2.28. The molecule has 0 N–H and O–H groups in total. The normalized spacial score (nSPS) is 16.5. The largest absolute Gasteiger partial charge is 0.270 e. The maximum absolute atomic E-state index is 12.8. The Bertz CT molecular complexity index is 845.